The van der Waals surface area contributed by atoms with E-state index >= 15 is 0 Å². The van der Waals surface area contributed by atoms with Crippen LogP contribution in [0.5, 0.6) is 0 Å². The Kier molecular flexibility index (Phi) is 2.92. The van der Waals surface area contributed by atoms with Gasteiger partial charge in [0.15, 0.2) is 0 Å². The van der Waals surface area contributed by atoms with Crippen molar-refractivity contribution in [3.8, 4) is 11.3 Å². The zero-order valence-corrected chi connectivity index (χ0v) is 9.57. The third kappa shape index (κ3) is 2.23. The van der Waals surface area contributed by atoms with E-state index in [1.54, 1.807) is 6.20 Å². The molecule has 4 nitrogen and oxygen atoms in total. The van der Waals surface area contributed by atoms with Crippen molar-refractivity contribution in [1.29, 1.82) is 0 Å². The van der Waals surface area contributed by atoms with Crippen molar-refractivity contribution in [3.63, 3.8) is 0 Å². The molecule has 16 heavy (non-hydrogen) atoms. The first-order valence-electron chi connectivity index (χ1n) is 5.19. The summed E-state index contributed by atoms with van der Waals surface area (Å²) < 4.78 is 0. The number of hydrogen-bond donors (Lipinski definition) is 2. The summed E-state index contributed by atoms with van der Waals surface area (Å²) in [6.45, 7) is 0.919. The average molecular weight is 216 g/mol. The van der Waals surface area contributed by atoms with Crippen LogP contribution in [0.25, 0.3) is 11.3 Å². The Morgan fingerprint density at radius 2 is 2.19 bits per heavy atom. The van der Waals surface area contributed by atoms with E-state index in [9.17, 15) is 0 Å². The van der Waals surface area contributed by atoms with Crippen LogP contribution in [-0.2, 0) is 6.54 Å². The second-order valence-electron chi connectivity index (χ2n) is 4.14. The molecular weight excluding hydrogens is 200 g/mol. The number of nitrogens with one attached hydrogen (secondary N) is 1. The fraction of sp³-hybridized carbons (Fsp3) is 0.250. The Morgan fingerprint density at radius 1 is 1.38 bits per heavy atom. The van der Waals surface area contributed by atoms with Crippen molar-refractivity contribution >= 4 is 5.69 Å². The van der Waals surface area contributed by atoms with Gasteiger partial charge in [-0.15, -0.1) is 0 Å². The summed E-state index contributed by atoms with van der Waals surface area (Å²) in [6, 6.07) is 8.30. The summed E-state index contributed by atoms with van der Waals surface area (Å²) in [6.07, 6.45) is 1.63. The first-order valence-corrected chi connectivity index (χ1v) is 5.19. The van der Waals surface area contributed by atoms with Crippen molar-refractivity contribution in [2.45, 2.75) is 6.54 Å². The molecule has 1 aromatic carbocycles. The highest BCUT2D eigenvalue weighted by Crippen LogP contribution is 2.23. The Balaban J connectivity index is 2.33. The van der Waals surface area contributed by atoms with Gasteiger partial charge in [0.05, 0.1) is 17.6 Å². The van der Waals surface area contributed by atoms with Crippen molar-refractivity contribution < 1.29 is 0 Å². The molecule has 0 aliphatic carbocycles. The maximum atomic E-state index is 5.82. The van der Waals surface area contributed by atoms with Crippen LogP contribution in [0.3, 0.4) is 0 Å². The number of hydrogen-bond acceptors (Lipinski definition) is 3. The number of benzene rings is 1. The van der Waals surface area contributed by atoms with E-state index < -0.39 is 0 Å². The fourth-order valence-corrected chi connectivity index (χ4v) is 1.72. The van der Waals surface area contributed by atoms with Gasteiger partial charge >= 0.3 is 0 Å². The smallest absolute Gasteiger partial charge is 0.0880 e. The third-order valence-electron chi connectivity index (χ3n) is 2.38. The van der Waals surface area contributed by atoms with Gasteiger partial charge in [0.2, 0.25) is 0 Å². The number of aromatic nitrogens is 2. The first kappa shape index (κ1) is 10.7. The lowest BCUT2D eigenvalue weighted by Gasteiger charge is -2.10. The summed E-state index contributed by atoms with van der Waals surface area (Å²) in [4.78, 5) is 2.13. The standard InChI is InChI=1S/C12H16N4/c1-16(2)8-9-4-3-5-10(6-9)12-11(13)7-14-15-12/h3-7H,8,13H2,1-2H3,(H,14,15). The molecule has 3 N–H and O–H groups in total. The van der Waals surface area contributed by atoms with Gasteiger partial charge in [-0.05, 0) is 25.7 Å². The molecule has 1 aromatic heterocycles. The largest absolute Gasteiger partial charge is 0.396 e. The average Bonchev–Trinajstić information content (AvgIpc) is 2.64. The van der Waals surface area contributed by atoms with Crippen LogP contribution in [0.1, 0.15) is 5.56 Å². The van der Waals surface area contributed by atoms with Gasteiger partial charge in [0, 0.05) is 12.1 Å². The number of nitrogens with zero attached hydrogens (tertiary/aromatic N) is 2. The molecule has 0 saturated carbocycles. The Bertz CT molecular complexity index is 473. The number of aromatic amines is 1. The summed E-state index contributed by atoms with van der Waals surface area (Å²) in [5.41, 5.74) is 9.73. The first-order chi connectivity index (χ1) is 7.66. The number of nitrogens with two attached hydrogens (primary N) is 1. The van der Waals surface area contributed by atoms with Crippen LogP contribution >= 0.6 is 0 Å². The van der Waals surface area contributed by atoms with E-state index in [2.05, 4.69) is 41.3 Å². The number of rotatable bonds is 3. The molecule has 0 aliphatic heterocycles. The number of anilines is 1. The number of H-pyrrole nitrogens is 1. The van der Waals surface area contributed by atoms with E-state index in [1.807, 2.05) is 12.1 Å². The highest BCUT2D eigenvalue weighted by atomic mass is 15.1. The molecule has 0 atom stereocenters. The lowest BCUT2D eigenvalue weighted by molar-refractivity contribution is 0.402. The molecule has 1 heterocycles. The molecule has 0 unspecified atom stereocenters. The molecule has 84 valence electrons. The fourth-order valence-electron chi connectivity index (χ4n) is 1.72. The molecule has 4 heteroatoms. The molecule has 0 radical (unpaired) electrons. The molecule has 0 saturated heterocycles. The van der Waals surface area contributed by atoms with Crippen LogP contribution in [0, 0.1) is 0 Å². The van der Waals surface area contributed by atoms with Crippen molar-refractivity contribution in [1.82, 2.24) is 15.1 Å². The molecule has 0 spiro atoms. The van der Waals surface area contributed by atoms with Crippen molar-refractivity contribution in [3.05, 3.63) is 36.0 Å². The lowest BCUT2D eigenvalue weighted by Crippen LogP contribution is -2.10. The predicted molar refractivity (Wildman–Crippen MR) is 65.8 cm³/mol. The van der Waals surface area contributed by atoms with Crippen LogP contribution in [0.4, 0.5) is 5.69 Å². The number of nitrogen functional groups attached to an aromatic ring is 1. The highest BCUT2D eigenvalue weighted by Gasteiger charge is 2.05. The molecule has 0 amide bonds. The molecule has 0 bridgehead atoms. The van der Waals surface area contributed by atoms with Crippen molar-refractivity contribution in [2.75, 3.05) is 19.8 Å². The molecule has 2 aromatic rings. The van der Waals surface area contributed by atoms with Gasteiger partial charge in [0.25, 0.3) is 0 Å². The van der Waals surface area contributed by atoms with Crippen molar-refractivity contribution in [2.24, 2.45) is 0 Å². The monoisotopic (exact) mass is 216 g/mol. The quantitative estimate of drug-likeness (QED) is 0.821. The van der Waals surface area contributed by atoms with E-state index in [1.165, 1.54) is 5.56 Å². The minimum absolute atomic E-state index is 0.682. The minimum Gasteiger partial charge on any atom is -0.396 e. The summed E-state index contributed by atoms with van der Waals surface area (Å²) in [7, 11) is 4.11. The van der Waals surface area contributed by atoms with Gasteiger partial charge in [0.1, 0.15) is 0 Å². The van der Waals surface area contributed by atoms with Crippen LogP contribution in [0.15, 0.2) is 30.5 Å². The summed E-state index contributed by atoms with van der Waals surface area (Å²) >= 11 is 0. The zero-order valence-electron chi connectivity index (χ0n) is 9.57. The predicted octanol–water partition coefficient (Wildman–Crippen LogP) is 1.72. The van der Waals surface area contributed by atoms with Gasteiger partial charge in [-0.2, -0.15) is 5.10 Å². The molecule has 0 fully saturated rings. The summed E-state index contributed by atoms with van der Waals surface area (Å²) in [5.74, 6) is 0. The maximum Gasteiger partial charge on any atom is 0.0880 e. The molecular formula is C12H16N4. The van der Waals surface area contributed by atoms with Crippen LogP contribution in [0.2, 0.25) is 0 Å². The third-order valence-corrected chi connectivity index (χ3v) is 2.38. The van der Waals surface area contributed by atoms with Gasteiger partial charge in [-0.25, -0.2) is 0 Å². The SMILES string of the molecule is CN(C)Cc1cccc(-c2[nH]ncc2N)c1. The summed E-state index contributed by atoms with van der Waals surface area (Å²) in [5, 5.41) is 6.84. The van der Waals surface area contributed by atoms with Gasteiger partial charge in [-0.3, -0.25) is 5.10 Å². The zero-order chi connectivity index (χ0) is 11.5. The second-order valence-corrected chi connectivity index (χ2v) is 4.14. The van der Waals surface area contributed by atoms with Gasteiger partial charge in [-0.1, -0.05) is 18.2 Å². The second kappa shape index (κ2) is 4.37. The highest BCUT2D eigenvalue weighted by molar-refractivity contribution is 5.72. The minimum atomic E-state index is 0.682. The van der Waals surface area contributed by atoms with Crippen LogP contribution < -0.4 is 5.73 Å². The lowest BCUT2D eigenvalue weighted by atomic mass is 10.1. The van der Waals surface area contributed by atoms with E-state index in [0.29, 0.717) is 5.69 Å². The molecule has 2 rings (SSSR count). The Hall–Kier alpha value is -1.81. The van der Waals surface area contributed by atoms with E-state index in [4.69, 9.17) is 5.73 Å². The van der Waals surface area contributed by atoms with Gasteiger partial charge < -0.3 is 10.6 Å². The topological polar surface area (TPSA) is 57.9 Å². The van der Waals surface area contributed by atoms with E-state index in [-0.39, 0.29) is 0 Å². The Morgan fingerprint density at radius 3 is 2.81 bits per heavy atom. The maximum absolute atomic E-state index is 5.82. The van der Waals surface area contributed by atoms with E-state index in [0.717, 1.165) is 17.8 Å². The normalized spacial score (nSPS) is 10.9. The molecule has 0 aliphatic rings. The van der Waals surface area contributed by atoms with Crippen LogP contribution in [-0.4, -0.2) is 29.2 Å². The Labute approximate surface area is 95.1 Å².